The maximum absolute atomic E-state index is 14.2. The molecule has 21 heavy (non-hydrogen) atoms. The third kappa shape index (κ3) is 2.61. The lowest BCUT2D eigenvalue weighted by molar-refractivity contribution is -0.183. The summed E-state index contributed by atoms with van der Waals surface area (Å²) >= 11 is 0. The fraction of sp³-hybridized carbons (Fsp3) is 0.533. The van der Waals surface area contributed by atoms with E-state index in [-0.39, 0.29) is 11.5 Å². The van der Waals surface area contributed by atoms with E-state index in [1.165, 1.54) is 12.1 Å². The van der Waals surface area contributed by atoms with Crippen molar-refractivity contribution in [2.75, 3.05) is 32.0 Å². The second-order valence-corrected chi connectivity index (χ2v) is 5.64. The average Bonchev–Trinajstić information content (AvgIpc) is 2.90. The Morgan fingerprint density at radius 2 is 2.10 bits per heavy atom. The average molecular weight is 294 g/mol. The fourth-order valence-electron chi connectivity index (χ4n) is 3.02. The van der Waals surface area contributed by atoms with Crippen LogP contribution in [0.2, 0.25) is 0 Å². The van der Waals surface area contributed by atoms with E-state index in [0.29, 0.717) is 37.6 Å². The van der Waals surface area contributed by atoms with Gasteiger partial charge in [0.2, 0.25) is 0 Å². The molecule has 1 spiro atoms. The van der Waals surface area contributed by atoms with Crippen molar-refractivity contribution in [3.05, 3.63) is 29.1 Å². The highest BCUT2D eigenvalue weighted by Gasteiger charge is 2.42. The number of carbonyl (C=O) groups is 1. The van der Waals surface area contributed by atoms with E-state index in [1.807, 2.05) is 0 Å². The van der Waals surface area contributed by atoms with Gasteiger partial charge in [-0.2, -0.15) is 0 Å². The number of benzene rings is 1. The summed E-state index contributed by atoms with van der Waals surface area (Å²) in [5, 5.41) is 0. The molecule has 0 aliphatic carbocycles. The summed E-state index contributed by atoms with van der Waals surface area (Å²) in [6.45, 7) is 3.57. The number of halogens is 1. The van der Waals surface area contributed by atoms with E-state index >= 15 is 0 Å². The second-order valence-electron chi connectivity index (χ2n) is 5.64. The van der Waals surface area contributed by atoms with Crippen LogP contribution in [0.4, 0.5) is 10.1 Å². The number of carbonyl (C=O) groups excluding carboxylic acids is 1. The summed E-state index contributed by atoms with van der Waals surface area (Å²) in [4.78, 5) is 14.2. The van der Waals surface area contributed by atoms with Crippen molar-refractivity contribution in [2.24, 2.45) is 0 Å². The number of nitrogens with zero attached hydrogens (tertiary/aromatic N) is 1. The maximum Gasteiger partial charge on any atom is 0.257 e. The van der Waals surface area contributed by atoms with Crippen LogP contribution in [-0.4, -0.2) is 42.9 Å². The molecule has 0 aromatic heterocycles. The van der Waals surface area contributed by atoms with Crippen LogP contribution in [0, 0.1) is 12.7 Å². The van der Waals surface area contributed by atoms with Gasteiger partial charge in [-0.3, -0.25) is 4.79 Å². The number of nitrogens with two attached hydrogens (primary N) is 1. The van der Waals surface area contributed by atoms with Crippen LogP contribution in [0.15, 0.2) is 12.1 Å². The number of rotatable bonds is 1. The van der Waals surface area contributed by atoms with E-state index in [2.05, 4.69) is 0 Å². The lowest BCUT2D eigenvalue weighted by Gasteiger charge is -2.38. The SMILES string of the molecule is Cc1cc(N)cc(C(=O)N2CCCC3(C2)OCCO3)c1F. The van der Waals surface area contributed by atoms with Crippen LogP contribution in [0.25, 0.3) is 0 Å². The number of likely N-dealkylation sites (tertiary alicyclic amines) is 1. The predicted octanol–water partition coefficient (Wildman–Crippen LogP) is 1.70. The van der Waals surface area contributed by atoms with E-state index in [0.717, 1.165) is 12.8 Å². The molecule has 2 N–H and O–H groups in total. The Labute approximate surface area is 122 Å². The van der Waals surface area contributed by atoms with E-state index < -0.39 is 11.6 Å². The first-order chi connectivity index (χ1) is 10.0. The number of hydrogen-bond donors (Lipinski definition) is 1. The number of piperidine rings is 1. The molecule has 0 saturated carbocycles. The fourth-order valence-corrected chi connectivity index (χ4v) is 3.02. The molecule has 0 atom stereocenters. The molecular formula is C15H19FN2O3. The van der Waals surface area contributed by atoms with Gasteiger partial charge in [-0.1, -0.05) is 0 Å². The van der Waals surface area contributed by atoms with E-state index in [1.54, 1.807) is 11.8 Å². The van der Waals surface area contributed by atoms with E-state index in [9.17, 15) is 9.18 Å². The molecule has 0 unspecified atom stereocenters. The van der Waals surface area contributed by atoms with Crippen molar-refractivity contribution < 1.29 is 18.7 Å². The Morgan fingerprint density at radius 3 is 2.81 bits per heavy atom. The molecule has 0 radical (unpaired) electrons. The molecule has 1 aromatic rings. The summed E-state index contributed by atoms with van der Waals surface area (Å²) in [7, 11) is 0. The maximum atomic E-state index is 14.2. The Kier molecular flexibility index (Phi) is 3.59. The van der Waals surface area contributed by atoms with Gasteiger partial charge in [0, 0.05) is 18.7 Å². The highest BCUT2D eigenvalue weighted by atomic mass is 19.1. The lowest BCUT2D eigenvalue weighted by atomic mass is 10.0. The first kappa shape index (κ1) is 14.3. The lowest BCUT2D eigenvalue weighted by Crippen LogP contribution is -2.51. The minimum atomic E-state index is -0.709. The quantitative estimate of drug-likeness (QED) is 0.801. The monoisotopic (exact) mass is 294 g/mol. The van der Waals surface area contributed by atoms with Crippen molar-refractivity contribution in [1.82, 2.24) is 4.90 Å². The highest BCUT2D eigenvalue weighted by molar-refractivity contribution is 5.95. The molecule has 3 rings (SSSR count). The largest absolute Gasteiger partial charge is 0.399 e. The highest BCUT2D eigenvalue weighted by Crippen LogP contribution is 2.31. The first-order valence-corrected chi connectivity index (χ1v) is 7.14. The minimum absolute atomic E-state index is 0.0162. The number of ether oxygens (including phenoxy) is 2. The third-order valence-electron chi connectivity index (χ3n) is 4.03. The van der Waals surface area contributed by atoms with Gasteiger partial charge in [0.05, 0.1) is 25.3 Å². The van der Waals surface area contributed by atoms with Gasteiger partial charge < -0.3 is 20.1 Å². The van der Waals surface area contributed by atoms with Crippen LogP contribution in [0.1, 0.15) is 28.8 Å². The summed E-state index contributed by atoms with van der Waals surface area (Å²) in [5.41, 5.74) is 6.50. The van der Waals surface area contributed by atoms with E-state index in [4.69, 9.17) is 15.2 Å². The van der Waals surface area contributed by atoms with Gasteiger partial charge in [-0.15, -0.1) is 0 Å². The van der Waals surface area contributed by atoms with Gasteiger partial charge in [-0.25, -0.2) is 4.39 Å². The molecule has 1 amide bonds. The normalized spacial score (nSPS) is 21.0. The van der Waals surface area contributed by atoms with Gasteiger partial charge in [0.25, 0.3) is 5.91 Å². The Bertz CT molecular complexity index is 570. The molecule has 2 aliphatic rings. The molecule has 2 saturated heterocycles. The van der Waals surface area contributed by atoms with Crippen LogP contribution >= 0.6 is 0 Å². The van der Waals surface area contributed by atoms with Gasteiger partial charge in [-0.05, 0) is 31.0 Å². The topological polar surface area (TPSA) is 64.8 Å². The van der Waals surface area contributed by atoms with Crippen LogP contribution in [0.3, 0.4) is 0 Å². The zero-order valence-corrected chi connectivity index (χ0v) is 12.0. The zero-order valence-electron chi connectivity index (χ0n) is 12.0. The summed E-state index contributed by atoms with van der Waals surface area (Å²) < 4.78 is 25.5. The standard InChI is InChI=1S/C15H19FN2O3/c1-10-7-11(17)8-12(13(10)16)14(19)18-4-2-3-15(9-18)20-5-6-21-15/h7-8H,2-6,9,17H2,1H3. The van der Waals surface area contributed by atoms with Gasteiger partial charge in [0.1, 0.15) is 5.82 Å². The molecule has 114 valence electrons. The molecule has 1 aromatic carbocycles. The van der Waals surface area contributed by atoms with Crippen LogP contribution in [0.5, 0.6) is 0 Å². The molecular weight excluding hydrogens is 275 g/mol. The number of aryl methyl sites for hydroxylation is 1. The number of amides is 1. The molecule has 5 nitrogen and oxygen atoms in total. The molecule has 0 bridgehead atoms. The summed E-state index contributed by atoms with van der Waals surface area (Å²) in [6.07, 6.45) is 1.53. The van der Waals surface area contributed by atoms with Crippen molar-refractivity contribution in [3.8, 4) is 0 Å². The molecule has 2 fully saturated rings. The minimum Gasteiger partial charge on any atom is -0.399 e. The Morgan fingerprint density at radius 1 is 1.38 bits per heavy atom. The molecule has 6 heteroatoms. The van der Waals surface area contributed by atoms with Crippen molar-refractivity contribution in [3.63, 3.8) is 0 Å². The number of hydrogen-bond acceptors (Lipinski definition) is 4. The molecule has 2 heterocycles. The summed E-state index contributed by atoms with van der Waals surface area (Å²) in [5.74, 6) is -1.58. The van der Waals surface area contributed by atoms with Crippen LogP contribution < -0.4 is 5.73 Å². The Hall–Kier alpha value is -1.66. The predicted molar refractivity (Wildman–Crippen MR) is 75.3 cm³/mol. The first-order valence-electron chi connectivity index (χ1n) is 7.14. The zero-order chi connectivity index (χ0) is 15.0. The number of anilines is 1. The third-order valence-corrected chi connectivity index (χ3v) is 4.03. The van der Waals surface area contributed by atoms with Gasteiger partial charge in [0.15, 0.2) is 5.79 Å². The summed E-state index contributed by atoms with van der Waals surface area (Å²) in [6, 6.07) is 2.91. The number of nitrogen functional groups attached to an aromatic ring is 1. The Balaban J connectivity index is 1.85. The molecule has 2 aliphatic heterocycles. The smallest absolute Gasteiger partial charge is 0.257 e. The van der Waals surface area contributed by atoms with Crippen molar-refractivity contribution >= 4 is 11.6 Å². The van der Waals surface area contributed by atoms with Crippen molar-refractivity contribution in [2.45, 2.75) is 25.6 Å². The second kappa shape index (κ2) is 5.27. The van der Waals surface area contributed by atoms with Gasteiger partial charge >= 0.3 is 0 Å². The van der Waals surface area contributed by atoms with Crippen molar-refractivity contribution in [1.29, 1.82) is 0 Å². The van der Waals surface area contributed by atoms with Crippen LogP contribution in [-0.2, 0) is 9.47 Å².